The highest BCUT2D eigenvalue weighted by atomic mass is 16.3. The van der Waals surface area contributed by atoms with Crippen molar-refractivity contribution in [2.24, 2.45) is 5.92 Å². The fourth-order valence-corrected chi connectivity index (χ4v) is 3.93. The maximum Gasteiger partial charge on any atom is 0.0543 e. The van der Waals surface area contributed by atoms with Crippen molar-refractivity contribution in [1.29, 1.82) is 0 Å². The zero-order valence-corrected chi connectivity index (χ0v) is 13.3. The minimum absolute atomic E-state index is 0.0156. The van der Waals surface area contributed by atoms with Crippen molar-refractivity contribution in [2.45, 2.75) is 102 Å². The Balaban J connectivity index is 1.66. The Kier molecular flexibility index (Phi) is 7.97. The summed E-state index contributed by atoms with van der Waals surface area (Å²) in [5.41, 5.74) is 0. The lowest BCUT2D eigenvalue weighted by Crippen LogP contribution is -2.33. The van der Waals surface area contributed by atoms with Gasteiger partial charge in [0.2, 0.25) is 0 Å². The van der Waals surface area contributed by atoms with E-state index in [1.54, 1.807) is 0 Å². The molecule has 0 spiro atoms. The molecule has 0 saturated heterocycles. The number of aliphatic hydroxyl groups excluding tert-OH is 1. The van der Waals surface area contributed by atoms with Gasteiger partial charge in [-0.15, -0.1) is 0 Å². The smallest absolute Gasteiger partial charge is 0.0543 e. The Bertz CT molecular complexity index is 232. The number of aliphatic hydroxyl groups is 1. The third kappa shape index (κ3) is 6.58. The highest BCUT2D eigenvalue weighted by Crippen LogP contribution is 2.25. The van der Waals surface area contributed by atoms with Gasteiger partial charge >= 0.3 is 0 Å². The van der Waals surface area contributed by atoms with E-state index in [-0.39, 0.29) is 6.10 Å². The molecule has 0 aromatic heterocycles. The lowest BCUT2D eigenvalue weighted by molar-refractivity contribution is 0.177. The number of nitrogens with one attached hydrogen (secondary N) is 1. The molecule has 2 saturated carbocycles. The Labute approximate surface area is 125 Å². The first-order valence-corrected chi connectivity index (χ1v) is 9.26. The molecular formula is C18H35NO. The molecule has 0 aromatic carbocycles. The first-order valence-electron chi connectivity index (χ1n) is 9.26. The predicted octanol–water partition coefficient (Wildman–Crippen LogP) is 4.41. The molecule has 118 valence electrons. The van der Waals surface area contributed by atoms with Crippen molar-refractivity contribution in [3.8, 4) is 0 Å². The monoisotopic (exact) mass is 281 g/mol. The van der Waals surface area contributed by atoms with Gasteiger partial charge in [-0.2, -0.15) is 0 Å². The number of hydrogen-bond acceptors (Lipinski definition) is 2. The minimum atomic E-state index is -0.0156. The first kappa shape index (κ1) is 16.3. The zero-order valence-electron chi connectivity index (χ0n) is 13.3. The molecule has 2 fully saturated rings. The van der Waals surface area contributed by atoms with Crippen LogP contribution in [-0.4, -0.2) is 23.8 Å². The molecule has 2 N–H and O–H groups in total. The van der Waals surface area contributed by atoms with Gasteiger partial charge in [0.25, 0.3) is 0 Å². The lowest BCUT2D eigenvalue weighted by atomic mass is 9.97. The Morgan fingerprint density at radius 3 is 1.75 bits per heavy atom. The third-order valence-corrected chi connectivity index (χ3v) is 5.31. The van der Waals surface area contributed by atoms with E-state index in [1.807, 2.05) is 0 Å². The van der Waals surface area contributed by atoms with Crippen LogP contribution in [0.3, 0.4) is 0 Å². The number of hydrogen-bond donors (Lipinski definition) is 2. The number of rotatable bonds is 3. The van der Waals surface area contributed by atoms with E-state index in [1.165, 1.54) is 77.0 Å². The average molecular weight is 281 g/mol. The fraction of sp³-hybridized carbons (Fsp3) is 1.00. The third-order valence-electron chi connectivity index (χ3n) is 5.31. The normalized spacial score (nSPS) is 31.6. The van der Waals surface area contributed by atoms with E-state index < -0.39 is 0 Å². The summed E-state index contributed by atoms with van der Waals surface area (Å²) in [6.45, 7) is 1.14. The van der Waals surface area contributed by atoms with Crippen LogP contribution in [0.5, 0.6) is 0 Å². The molecule has 2 rings (SSSR count). The summed E-state index contributed by atoms with van der Waals surface area (Å²) in [7, 11) is 0. The van der Waals surface area contributed by atoms with E-state index in [2.05, 4.69) is 5.32 Å². The van der Waals surface area contributed by atoms with Gasteiger partial charge in [0, 0.05) is 6.04 Å². The van der Waals surface area contributed by atoms with E-state index in [9.17, 15) is 5.11 Å². The lowest BCUT2D eigenvalue weighted by Gasteiger charge is -2.21. The second kappa shape index (κ2) is 9.78. The van der Waals surface area contributed by atoms with Crippen molar-refractivity contribution in [2.75, 3.05) is 6.54 Å². The van der Waals surface area contributed by atoms with Crippen LogP contribution in [0, 0.1) is 5.92 Å². The standard InChI is InChI=1S/C18H35NO/c20-18-13-12-16(14-18)15-19-17-10-8-6-4-2-1-3-5-7-9-11-17/h16-20H,1-15H2. The van der Waals surface area contributed by atoms with Gasteiger partial charge in [0.05, 0.1) is 6.10 Å². The maximum atomic E-state index is 9.62. The van der Waals surface area contributed by atoms with Gasteiger partial charge in [-0.3, -0.25) is 0 Å². The molecule has 2 heteroatoms. The quantitative estimate of drug-likeness (QED) is 0.803. The van der Waals surface area contributed by atoms with Gasteiger partial charge in [-0.25, -0.2) is 0 Å². The second-order valence-corrected chi connectivity index (χ2v) is 7.20. The van der Waals surface area contributed by atoms with E-state index in [0.717, 1.165) is 31.3 Å². The van der Waals surface area contributed by atoms with Crippen molar-refractivity contribution in [3.05, 3.63) is 0 Å². The van der Waals surface area contributed by atoms with Crippen molar-refractivity contribution in [1.82, 2.24) is 5.32 Å². The van der Waals surface area contributed by atoms with Crippen LogP contribution < -0.4 is 5.32 Å². The van der Waals surface area contributed by atoms with Crippen LogP contribution >= 0.6 is 0 Å². The van der Waals surface area contributed by atoms with Gasteiger partial charge in [0.15, 0.2) is 0 Å². The molecule has 2 atom stereocenters. The largest absolute Gasteiger partial charge is 0.393 e. The summed E-state index contributed by atoms with van der Waals surface area (Å²) < 4.78 is 0. The van der Waals surface area contributed by atoms with Crippen molar-refractivity contribution < 1.29 is 5.11 Å². The molecule has 0 amide bonds. The molecule has 0 heterocycles. The molecule has 2 unspecified atom stereocenters. The van der Waals surface area contributed by atoms with Crippen LogP contribution in [0.15, 0.2) is 0 Å². The van der Waals surface area contributed by atoms with Crippen molar-refractivity contribution in [3.63, 3.8) is 0 Å². The molecule has 2 aliphatic rings. The van der Waals surface area contributed by atoms with Gasteiger partial charge < -0.3 is 10.4 Å². The van der Waals surface area contributed by atoms with E-state index in [0.29, 0.717) is 0 Å². The van der Waals surface area contributed by atoms with E-state index in [4.69, 9.17) is 0 Å². The Morgan fingerprint density at radius 2 is 1.25 bits per heavy atom. The van der Waals surface area contributed by atoms with Crippen LogP contribution in [0.4, 0.5) is 0 Å². The summed E-state index contributed by atoms with van der Waals surface area (Å²) in [5, 5.41) is 13.4. The SMILES string of the molecule is OC1CCC(CNC2CCCCCCCCCCC2)C1. The molecule has 0 aromatic rings. The Hall–Kier alpha value is -0.0800. The maximum absolute atomic E-state index is 9.62. The van der Waals surface area contributed by atoms with Crippen molar-refractivity contribution >= 4 is 0 Å². The zero-order chi connectivity index (χ0) is 14.0. The summed E-state index contributed by atoms with van der Waals surface area (Å²) in [6, 6.07) is 0.743. The minimum Gasteiger partial charge on any atom is -0.393 e. The second-order valence-electron chi connectivity index (χ2n) is 7.20. The molecule has 2 nitrogen and oxygen atoms in total. The van der Waals surface area contributed by atoms with E-state index >= 15 is 0 Å². The summed E-state index contributed by atoms with van der Waals surface area (Å²) in [6.07, 6.45) is 18.9. The van der Waals surface area contributed by atoms with Gasteiger partial charge in [-0.05, 0) is 44.6 Å². The topological polar surface area (TPSA) is 32.3 Å². The molecule has 2 aliphatic carbocycles. The summed E-state index contributed by atoms with van der Waals surface area (Å²) in [5.74, 6) is 0.728. The molecule has 0 aliphatic heterocycles. The molecular weight excluding hydrogens is 246 g/mol. The first-order chi connectivity index (χ1) is 9.84. The Morgan fingerprint density at radius 1 is 0.700 bits per heavy atom. The fourth-order valence-electron chi connectivity index (χ4n) is 3.93. The molecule has 0 radical (unpaired) electrons. The van der Waals surface area contributed by atoms with Gasteiger partial charge in [-0.1, -0.05) is 57.8 Å². The summed E-state index contributed by atoms with van der Waals surface area (Å²) >= 11 is 0. The van der Waals surface area contributed by atoms with Crippen LogP contribution in [0.1, 0.15) is 89.9 Å². The van der Waals surface area contributed by atoms with Crippen LogP contribution in [0.25, 0.3) is 0 Å². The average Bonchev–Trinajstić information content (AvgIpc) is 2.84. The predicted molar refractivity (Wildman–Crippen MR) is 85.9 cm³/mol. The van der Waals surface area contributed by atoms with Crippen LogP contribution in [0.2, 0.25) is 0 Å². The highest BCUT2D eigenvalue weighted by molar-refractivity contribution is 4.78. The van der Waals surface area contributed by atoms with Crippen LogP contribution in [-0.2, 0) is 0 Å². The summed E-state index contributed by atoms with van der Waals surface area (Å²) in [4.78, 5) is 0. The highest BCUT2D eigenvalue weighted by Gasteiger charge is 2.23. The van der Waals surface area contributed by atoms with Gasteiger partial charge in [0.1, 0.15) is 0 Å². The molecule has 20 heavy (non-hydrogen) atoms. The molecule has 0 bridgehead atoms.